The average Bonchev–Trinajstić information content (AvgIpc) is 2.33. The van der Waals surface area contributed by atoms with Crippen LogP contribution in [0, 0.1) is 12.3 Å². The van der Waals surface area contributed by atoms with Crippen LogP contribution in [-0.4, -0.2) is 35.3 Å². The zero-order valence-corrected chi connectivity index (χ0v) is 10.5. The van der Waals surface area contributed by atoms with E-state index in [2.05, 4.69) is 11.2 Å². The summed E-state index contributed by atoms with van der Waals surface area (Å²) >= 11 is 0. The first kappa shape index (κ1) is 13.6. The Balaban J connectivity index is 2.74. The van der Waals surface area contributed by atoms with E-state index in [0.29, 0.717) is 25.8 Å². The van der Waals surface area contributed by atoms with Gasteiger partial charge in [-0.05, 0) is 19.3 Å². The summed E-state index contributed by atoms with van der Waals surface area (Å²) in [4.78, 5) is 25.6. The summed E-state index contributed by atoms with van der Waals surface area (Å²) in [5.41, 5.74) is 0. The third-order valence-corrected chi connectivity index (χ3v) is 3.09. The maximum absolute atomic E-state index is 12.1. The van der Waals surface area contributed by atoms with Crippen LogP contribution in [0.2, 0.25) is 0 Å². The van der Waals surface area contributed by atoms with Gasteiger partial charge in [-0.3, -0.25) is 9.59 Å². The monoisotopic (exact) mass is 236 g/mol. The summed E-state index contributed by atoms with van der Waals surface area (Å²) in [5, 5.41) is 2.77. The van der Waals surface area contributed by atoms with E-state index in [1.807, 2.05) is 13.8 Å². The molecular weight excluding hydrogens is 216 g/mol. The van der Waals surface area contributed by atoms with Gasteiger partial charge in [0, 0.05) is 13.0 Å². The van der Waals surface area contributed by atoms with E-state index >= 15 is 0 Å². The van der Waals surface area contributed by atoms with E-state index in [1.54, 1.807) is 4.90 Å². The third kappa shape index (κ3) is 3.00. The lowest BCUT2D eigenvalue weighted by molar-refractivity contribution is -0.149. The predicted molar refractivity (Wildman–Crippen MR) is 66.1 cm³/mol. The number of nitrogens with one attached hydrogen (secondary N) is 1. The van der Waals surface area contributed by atoms with Gasteiger partial charge < -0.3 is 10.2 Å². The summed E-state index contributed by atoms with van der Waals surface area (Å²) in [6.07, 6.45) is 7.86. The van der Waals surface area contributed by atoms with Gasteiger partial charge in [0.2, 0.25) is 11.8 Å². The Bertz CT molecular complexity index is 333. The van der Waals surface area contributed by atoms with Crippen molar-refractivity contribution in [1.29, 1.82) is 0 Å². The molecule has 94 valence electrons. The van der Waals surface area contributed by atoms with Crippen molar-refractivity contribution < 1.29 is 9.59 Å². The molecule has 0 aromatic carbocycles. The zero-order chi connectivity index (χ0) is 12.8. The maximum Gasteiger partial charge on any atom is 0.245 e. The number of hydrogen-bond donors (Lipinski definition) is 1. The van der Waals surface area contributed by atoms with Crippen molar-refractivity contribution >= 4 is 11.8 Å². The van der Waals surface area contributed by atoms with E-state index in [0.717, 1.165) is 6.42 Å². The molecule has 0 aliphatic carbocycles. The van der Waals surface area contributed by atoms with Crippen LogP contribution < -0.4 is 5.32 Å². The fourth-order valence-corrected chi connectivity index (χ4v) is 2.12. The van der Waals surface area contributed by atoms with Crippen LogP contribution in [0.15, 0.2) is 0 Å². The van der Waals surface area contributed by atoms with Crippen molar-refractivity contribution in [2.45, 2.75) is 51.6 Å². The molecule has 1 fully saturated rings. The van der Waals surface area contributed by atoms with Crippen molar-refractivity contribution in [2.75, 3.05) is 6.54 Å². The Hall–Kier alpha value is -1.50. The van der Waals surface area contributed by atoms with Gasteiger partial charge in [-0.15, -0.1) is 12.3 Å². The number of unbranched alkanes of at least 4 members (excludes halogenated alkanes) is 1. The molecule has 2 unspecified atom stereocenters. The second kappa shape index (κ2) is 6.29. The number of carbonyl (C=O) groups is 2. The predicted octanol–water partition coefficient (Wildman–Crippen LogP) is 0.915. The molecule has 2 atom stereocenters. The summed E-state index contributed by atoms with van der Waals surface area (Å²) in [6, 6.07) is -0.695. The van der Waals surface area contributed by atoms with Crippen LogP contribution in [0.5, 0.6) is 0 Å². The fraction of sp³-hybridized carbons (Fsp3) is 0.692. The van der Waals surface area contributed by atoms with Crippen LogP contribution in [0.3, 0.4) is 0 Å². The first-order chi connectivity index (χ1) is 8.15. The standard InChI is InChI=1S/C13H20N2O2/c1-4-7-8-9-15-11(6-3)12(16)14-10(5-2)13(15)17/h1,10-11H,5-9H2,2-3H3,(H,14,16). The molecule has 0 aromatic heterocycles. The lowest BCUT2D eigenvalue weighted by Gasteiger charge is -2.38. The van der Waals surface area contributed by atoms with Crippen molar-refractivity contribution in [2.24, 2.45) is 0 Å². The molecule has 0 bridgehead atoms. The SMILES string of the molecule is C#CCCCN1C(=O)C(CC)NC(=O)C1CC. The summed E-state index contributed by atoms with van der Waals surface area (Å²) in [6.45, 7) is 4.39. The quantitative estimate of drug-likeness (QED) is 0.570. The molecule has 1 N–H and O–H groups in total. The molecule has 1 rings (SSSR count). The normalized spacial score (nSPS) is 24.4. The summed E-state index contributed by atoms with van der Waals surface area (Å²) in [7, 11) is 0. The van der Waals surface area contributed by atoms with Crippen LogP contribution in [0.1, 0.15) is 39.5 Å². The third-order valence-electron chi connectivity index (χ3n) is 3.09. The molecule has 0 aromatic rings. The Labute approximate surface area is 103 Å². The van der Waals surface area contributed by atoms with E-state index in [9.17, 15) is 9.59 Å². The molecule has 4 nitrogen and oxygen atoms in total. The van der Waals surface area contributed by atoms with Crippen molar-refractivity contribution in [3.63, 3.8) is 0 Å². The Morgan fingerprint density at radius 3 is 2.59 bits per heavy atom. The van der Waals surface area contributed by atoms with Gasteiger partial charge in [0.15, 0.2) is 0 Å². The molecular formula is C13H20N2O2. The minimum atomic E-state index is -0.365. The van der Waals surface area contributed by atoms with Crippen LogP contribution in [-0.2, 0) is 9.59 Å². The number of hydrogen-bond acceptors (Lipinski definition) is 2. The topological polar surface area (TPSA) is 49.4 Å². The minimum Gasteiger partial charge on any atom is -0.343 e. The van der Waals surface area contributed by atoms with Crippen LogP contribution >= 0.6 is 0 Å². The van der Waals surface area contributed by atoms with Gasteiger partial charge in [-0.25, -0.2) is 0 Å². The van der Waals surface area contributed by atoms with Crippen LogP contribution in [0.4, 0.5) is 0 Å². The highest BCUT2D eigenvalue weighted by molar-refractivity contribution is 5.96. The van der Waals surface area contributed by atoms with Gasteiger partial charge >= 0.3 is 0 Å². The van der Waals surface area contributed by atoms with Crippen molar-refractivity contribution in [3.05, 3.63) is 0 Å². The number of piperazine rings is 1. The Morgan fingerprint density at radius 1 is 1.35 bits per heavy atom. The maximum atomic E-state index is 12.1. The van der Waals surface area contributed by atoms with Crippen molar-refractivity contribution in [1.82, 2.24) is 10.2 Å². The largest absolute Gasteiger partial charge is 0.343 e. The number of nitrogens with zero attached hydrogens (tertiary/aromatic N) is 1. The van der Waals surface area contributed by atoms with Gasteiger partial charge in [-0.1, -0.05) is 13.8 Å². The molecule has 0 saturated carbocycles. The average molecular weight is 236 g/mol. The molecule has 2 amide bonds. The molecule has 1 heterocycles. The number of amides is 2. The molecule has 4 heteroatoms. The highest BCUT2D eigenvalue weighted by Gasteiger charge is 2.38. The number of terminal acetylenes is 1. The van der Waals surface area contributed by atoms with Gasteiger partial charge in [0.25, 0.3) is 0 Å². The van der Waals surface area contributed by atoms with E-state index in [4.69, 9.17) is 6.42 Å². The number of rotatable bonds is 5. The molecule has 0 radical (unpaired) electrons. The van der Waals surface area contributed by atoms with Gasteiger partial charge in [-0.2, -0.15) is 0 Å². The first-order valence-electron chi connectivity index (χ1n) is 6.20. The van der Waals surface area contributed by atoms with E-state index in [1.165, 1.54) is 0 Å². The zero-order valence-electron chi connectivity index (χ0n) is 10.5. The molecule has 17 heavy (non-hydrogen) atoms. The highest BCUT2D eigenvalue weighted by atomic mass is 16.2. The summed E-state index contributed by atoms with van der Waals surface area (Å²) in [5.74, 6) is 2.53. The fourth-order valence-electron chi connectivity index (χ4n) is 2.12. The second-order valence-corrected chi connectivity index (χ2v) is 4.23. The van der Waals surface area contributed by atoms with Crippen molar-refractivity contribution in [3.8, 4) is 12.3 Å². The molecule has 0 spiro atoms. The van der Waals surface area contributed by atoms with Gasteiger partial charge in [0.1, 0.15) is 12.1 Å². The first-order valence-corrected chi connectivity index (χ1v) is 6.20. The van der Waals surface area contributed by atoms with E-state index in [-0.39, 0.29) is 23.9 Å². The van der Waals surface area contributed by atoms with Crippen LogP contribution in [0.25, 0.3) is 0 Å². The highest BCUT2D eigenvalue weighted by Crippen LogP contribution is 2.15. The second-order valence-electron chi connectivity index (χ2n) is 4.23. The molecule has 1 saturated heterocycles. The molecule has 1 aliphatic heterocycles. The minimum absolute atomic E-state index is 0.0240. The number of carbonyl (C=O) groups excluding carboxylic acids is 2. The Kier molecular flexibility index (Phi) is 5.02. The lowest BCUT2D eigenvalue weighted by atomic mass is 10.0. The smallest absolute Gasteiger partial charge is 0.245 e. The Morgan fingerprint density at radius 2 is 2.06 bits per heavy atom. The van der Waals surface area contributed by atoms with Gasteiger partial charge in [0.05, 0.1) is 0 Å². The molecule has 1 aliphatic rings. The summed E-state index contributed by atoms with van der Waals surface area (Å²) < 4.78 is 0. The van der Waals surface area contributed by atoms with E-state index < -0.39 is 0 Å². The lowest BCUT2D eigenvalue weighted by Crippen LogP contribution is -2.63.